The average Bonchev–Trinajstić information content (AvgIpc) is 3.12. The van der Waals surface area contributed by atoms with Crippen molar-refractivity contribution in [3.05, 3.63) is 71.9 Å². The van der Waals surface area contributed by atoms with Crippen LogP contribution in [-0.4, -0.2) is 4.57 Å². The fourth-order valence-electron chi connectivity index (χ4n) is 3.24. The average molecular weight is 289 g/mol. The van der Waals surface area contributed by atoms with Crippen LogP contribution in [0.5, 0.6) is 5.75 Å². The van der Waals surface area contributed by atoms with Crippen LogP contribution in [0.25, 0.3) is 16.5 Å². The minimum Gasteiger partial charge on any atom is -0.489 e. The summed E-state index contributed by atoms with van der Waals surface area (Å²) in [5, 5.41) is 1.26. The van der Waals surface area contributed by atoms with Gasteiger partial charge in [0.2, 0.25) is 0 Å². The Bertz CT molecular complexity index is 843. The first-order chi connectivity index (χ1) is 10.8. The van der Waals surface area contributed by atoms with Crippen LogP contribution < -0.4 is 4.74 Å². The third-order valence-corrected chi connectivity index (χ3v) is 4.40. The summed E-state index contributed by atoms with van der Waals surface area (Å²) in [6.07, 6.45) is 3.37. The minimum absolute atomic E-state index is 0.611. The zero-order valence-corrected chi connectivity index (χ0v) is 12.8. The van der Waals surface area contributed by atoms with Crippen molar-refractivity contribution in [2.75, 3.05) is 0 Å². The maximum Gasteiger partial charge on any atom is 0.120 e. The van der Waals surface area contributed by atoms with Gasteiger partial charge in [0.25, 0.3) is 0 Å². The number of aryl methyl sites for hydroxylation is 1. The minimum atomic E-state index is 0.611. The Labute approximate surface area is 130 Å². The fraction of sp³-hybridized carbons (Fsp3) is 0.200. The summed E-state index contributed by atoms with van der Waals surface area (Å²) in [6, 6.07) is 19.0. The van der Waals surface area contributed by atoms with E-state index in [-0.39, 0.29) is 0 Å². The van der Waals surface area contributed by atoms with Crippen LogP contribution in [0.3, 0.4) is 0 Å². The first-order valence-electron chi connectivity index (χ1n) is 7.81. The molecule has 0 atom stereocenters. The number of hydrogen-bond donors (Lipinski definition) is 0. The third kappa shape index (κ3) is 2.21. The van der Waals surface area contributed by atoms with E-state index in [4.69, 9.17) is 4.74 Å². The van der Waals surface area contributed by atoms with Gasteiger partial charge in [-0.25, -0.2) is 0 Å². The van der Waals surface area contributed by atoms with Crippen LogP contribution in [0.1, 0.15) is 24.6 Å². The molecule has 2 heteroatoms. The van der Waals surface area contributed by atoms with E-state index in [1.807, 2.05) is 18.2 Å². The molecule has 4 rings (SSSR count). The van der Waals surface area contributed by atoms with E-state index in [2.05, 4.69) is 54.0 Å². The molecule has 1 aliphatic rings. The van der Waals surface area contributed by atoms with Gasteiger partial charge in [-0.2, -0.15) is 0 Å². The van der Waals surface area contributed by atoms with E-state index in [9.17, 15) is 0 Å². The number of nitrogens with zero attached hydrogens (tertiary/aromatic N) is 1. The van der Waals surface area contributed by atoms with Crippen molar-refractivity contribution in [1.82, 2.24) is 4.57 Å². The number of fused-ring (bicyclic) bond motifs is 3. The monoisotopic (exact) mass is 289 g/mol. The lowest BCUT2D eigenvalue weighted by atomic mass is 10.1. The number of allylic oxidation sites excluding steroid dienone is 2. The largest absolute Gasteiger partial charge is 0.489 e. The summed E-state index contributed by atoms with van der Waals surface area (Å²) in [5.74, 6) is 0.933. The maximum absolute atomic E-state index is 5.93. The van der Waals surface area contributed by atoms with Gasteiger partial charge in [-0.3, -0.25) is 0 Å². The van der Waals surface area contributed by atoms with Gasteiger partial charge in [0.05, 0.1) is 0 Å². The second-order valence-electron chi connectivity index (χ2n) is 5.74. The fourth-order valence-corrected chi connectivity index (χ4v) is 3.24. The van der Waals surface area contributed by atoms with Crippen molar-refractivity contribution in [2.24, 2.45) is 0 Å². The van der Waals surface area contributed by atoms with E-state index in [1.165, 1.54) is 27.7 Å². The quantitative estimate of drug-likeness (QED) is 0.660. The molecule has 0 saturated carbocycles. The van der Waals surface area contributed by atoms with Gasteiger partial charge in [0.15, 0.2) is 0 Å². The van der Waals surface area contributed by atoms with Gasteiger partial charge in [0.1, 0.15) is 12.4 Å². The van der Waals surface area contributed by atoms with Crippen LogP contribution in [-0.2, 0) is 13.2 Å². The Morgan fingerprint density at radius 2 is 1.95 bits per heavy atom. The smallest absolute Gasteiger partial charge is 0.120 e. The number of hydrogen-bond acceptors (Lipinski definition) is 1. The highest BCUT2D eigenvalue weighted by Gasteiger charge is 2.18. The van der Waals surface area contributed by atoms with Gasteiger partial charge in [-0.1, -0.05) is 36.4 Å². The number of aromatic nitrogens is 1. The van der Waals surface area contributed by atoms with Crippen molar-refractivity contribution in [1.29, 1.82) is 0 Å². The van der Waals surface area contributed by atoms with Crippen molar-refractivity contribution in [2.45, 2.75) is 26.5 Å². The molecule has 0 amide bonds. The Morgan fingerprint density at radius 1 is 1.09 bits per heavy atom. The zero-order chi connectivity index (χ0) is 14.9. The molecule has 2 aromatic carbocycles. The zero-order valence-electron chi connectivity index (χ0n) is 12.8. The van der Waals surface area contributed by atoms with E-state index in [0.29, 0.717) is 6.61 Å². The molecule has 0 bridgehead atoms. The second kappa shape index (κ2) is 5.38. The number of benzene rings is 2. The molecule has 0 radical (unpaired) electrons. The molecule has 2 nitrogen and oxygen atoms in total. The predicted octanol–water partition coefficient (Wildman–Crippen LogP) is 5.03. The molecule has 0 aliphatic carbocycles. The van der Waals surface area contributed by atoms with Crippen molar-refractivity contribution >= 4 is 16.5 Å². The van der Waals surface area contributed by atoms with Gasteiger partial charge in [-0.15, -0.1) is 0 Å². The molecular formula is C20H19NO. The Morgan fingerprint density at radius 3 is 2.77 bits per heavy atom. The van der Waals surface area contributed by atoms with E-state index >= 15 is 0 Å². The van der Waals surface area contributed by atoms with Crippen LogP contribution in [0.4, 0.5) is 0 Å². The molecule has 2 heterocycles. The summed E-state index contributed by atoms with van der Waals surface area (Å²) in [7, 11) is 0. The molecule has 3 aromatic rings. The summed E-state index contributed by atoms with van der Waals surface area (Å²) in [6.45, 7) is 3.82. The van der Waals surface area contributed by atoms with Crippen LogP contribution in [0.2, 0.25) is 0 Å². The normalized spacial score (nSPS) is 15.4. The highest BCUT2D eigenvalue weighted by molar-refractivity contribution is 5.88. The highest BCUT2D eigenvalue weighted by atomic mass is 16.5. The molecule has 110 valence electrons. The molecule has 0 saturated heterocycles. The summed E-state index contributed by atoms with van der Waals surface area (Å²) in [5.41, 5.74) is 5.30. The maximum atomic E-state index is 5.93. The topological polar surface area (TPSA) is 14.2 Å². The van der Waals surface area contributed by atoms with Gasteiger partial charge >= 0.3 is 0 Å². The molecular weight excluding hydrogens is 270 g/mol. The molecule has 0 fully saturated rings. The van der Waals surface area contributed by atoms with Crippen molar-refractivity contribution < 1.29 is 4.74 Å². The SMILES string of the molecule is CC=C1CCn2c1cc1cc(OCc3ccccc3)ccc12. The lowest BCUT2D eigenvalue weighted by molar-refractivity contribution is 0.306. The molecule has 1 aliphatic heterocycles. The molecule has 0 N–H and O–H groups in total. The first kappa shape index (κ1) is 13.2. The summed E-state index contributed by atoms with van der Waals surface area (Å²) < 4.78 is 8.34. The van der Waals surface area contributed by atoms with Gasteiger partial charge < -0.3 is 9.30 Å². The summed E-state index contributed by atoms with van der Waals surface area (Å²) >= 11 is 0. The number of rotatable bonds is 3. The Hall–Kier alpha value is -2.48. The Kier molecular flexibility index (Phi) is 3.23. The van der Waals surface area contributed by atoms with E-state index in [0.717, 1.165) is 18.7 Å². The van der Waals surface area contributed by atoms with E-state index < -0.39 is 0 Å². The molecule has 0 unspecified atom stereocenters. The van der Waals surface area contributed by atoms with E-state index in [1.54, 1.807) is 0 Å². The molecule has 22 heavy (non-hydrogen) atoms. The number of ether oxygens (including phenoxy) is 1. The Balaban J connectivity index is 1.62. The summed E-state index contributed by atoms with van der Waals surface area (Å²) in [4.78, 5) is 0. The predicted molar refractivity (Wildman–Crippen MR) is 91.0 cm³/mol. The lowest BCUT2D eigenvalue weighted by Gasteiger charge is -2.07. The van der Waals surface area contributed by atoms with Crippen LogP contribution >= 0.6 is 0 Å². The van der Waals surface area contributed by atoms with Gasteiger partial charge in [0, 0.05) is 23.1 Å². The lowest BCUT2D eigenvalue weighted by Crippen LogP contribution is -1.95. The van der Waals surface area contributed by atoms with Crippen LogP contribution in [0, 0.1) is 0 Å². The molecule has 1 aromatic heterocycles. The molecule has 0 spiro atoms. The van der Waals surface area contributed by atoms with Gasteiger partial charge in [-0.05, 0) is 48.7 Å². The van der Waals surface area contributed by atoms with Crippen LogP contribution in [0.15, 0.2) is 60.7 Å². The third-order valence-electron chi connectivity index (χ3n) is 4.40. The standard InChI is InChI=1S/C20H19NO/c1-2-16-10-11-21-19-9-8-18(12-17(19)13-20(16)21)22-14-15-6-4-3-5-7-15/h2-9,12-13H,10-11,14H2,1H3. The van der Waals surface area contributed by atoms with Crippen molar-refractivity contribution in [3.63, 3.8) is 0 Å². The first-order valence-corrected chi connectivity index (χ1v) is 7.81. The second-order valence-corrected chi connectivity index (χ2v) is 5.74. The van der Waals surface area contributed by atoms with Crippen molar-refractivity contribution in [3.8, 4) is 5.75 Å². The highest BCUT2D eigenvalue weighted by Crippen LogP contribution is 2.34.